The number of ether oxygens (including phenoxy) is 2. The average Bonchev–Trinajstić information content (AvgIpc) is 3.23. The second-order valence-electron chi connectivity index (χ2n) is 9.47. The first-order valence-corrected chi connectivity index (χ1v) is 12.6. The highest BCUT2D eigenvalue weighted by Gasteiger charge is 2.45. The number of fused-ring (bicyclic) bond motifs is 1. The van der Waals surface area contributed by atoms with Gasteiger partial charge >= 0.3 is 12.2 Å². The van der Waals surface area contributed by atoms with Crippen LogP contribution in [0.2, 0.25) is 0 Å². The molecule has 4 N–H and O–H groups in total. The summed E-state index contributed by atoms with van der Waals surface area (Å²) in [5, 5.41) is 11.4. The summed E-state index contributed by atoms with van der Waals surface area (Å²) in [5.74, 6) is 0.0138. The highest BCUT2D eigenvalue weighted by atomic mass is 19.4. The minimum atomic E-state index is -4.54. The third-order valence-corrected chi connectivity index (χ3v) is 6.92. The Morgan fingerprint density at radius 1 is 1.18 bits per heavy atom. The van der Waals surface area contributed by atoms with E-state index in [2.05, 4.69) is 30.6 Å². The largest absolute Gasteiger partial charge is 0.416 e. The van der Waals surface area contributed by atoms with E-state index >= 15 is 0 Å². The first-order valence-electron chi connectivity index (χ1n) is 12.6. The quantitative estimate of drug-likeness (QED) is 0.476. The van der Waals surface area contributed by atoms with Crippen LogP contribution in [0.4, 0.5) is 29.5 Å². The van der Waals surface area contributed by atoms with Gasteiger partial charge in [0.25, 0.3) is 0 Å². The molecule has 2 atom stereocenters. The predicted molar refractivity (Wildman–Crippen MR) is 143 cm³/mol. The van der Waals surface area contributed by atoms with Gasteiger partial charge in [-0.1, -0.05) is 12.1 Å². The number of benzene rings is 1. The van der Waals surface area contributed by atoms with E-state index in [1.807, 2.05) is 17.1 Å². The Kier molecular flexibility index (Phi) is 8.00. The molecule has 5 rings (SSSR count). The fraction of sp³-hybridized carbons (Fsp3) is 0.385. The molecule has 2 amide bonds. The molecule has 212 valence electrons. The van der Waals surface area contributed by atoms with Crippen molar-refractivity contribution >= 4 is 29.7 Å². The fourth-order valence-electron chi connectivity index (χ4n) is 5.07. The molecule has 1 aromatic heterocycles. The lowest BCUT2D eigenvalue weighted by atomic mass is 9.86. The summed E-state index contributed by atoms with van der Waals surface area (Å²) in [6.45, 7) is 3.96. The van der Waals surface area contributed by atoms with Crippen LogP contribution in [0, 0.1) is 0 Å². The number of anilines is 2. The van der Waals surface area contributed by atoms with Gasteiger partial charge < -0.3 is 20.5 Å². The molecular formula is C26H29F3N8O3. The number of rotatable bonds is 7. The van der Waals surface area contributed by atoms with Crippen molar-refractivity contribution in [1.82, 2.24) is 14.9 Å². The van der Waals surface area contributed by atoms with Crippen molar-refractivity contribution in [2.24, 2.45) is 15.8 Å². The summed E-state index contributed by atoms with van der Waals surface area (Å²) in [4.78, 5) is 22.8. The Morgan fingerprint density at radius 3 is 2.62 bits per heavy atom. The van der Waals surface area contributed by atoms with Crippen molar-refractivity contribution in [2.75, 3.05) is 57.2 Å². The number of methoxy groups -OCH3 is 1. The highest BCUT2D eigenvalue weighted by molar-refractivity contribution is 5.99. The Morgan fingerprint density at radius 2 is 1.93 bits per heavy atom. The maximum Gasteiger partial charge on any atom is 0.416 e. The first kappa shape index (κ1) is 27.6. The van der Waals surface area contributed by atoms with Crippen molar-refractivity contribution in [3.05, 3.63) is 65.0 Å². The zero-order valence-corrected chi connectivity index (χ0v) is 21.7. The predicted octanol–water partition coefficient (Wildman–Crippen LogP) is 3.06. The van der Waals surface area contributed by atoms with Gasteiger partial charge in [0.05, 0.1) is 31.1 Å². The Bertz CT molecular complexity index is 1320. The molecule has 0 saturated carbocycles. The van der Waals surface area contributed by atoms with E-state index in [1.54, 1.807) is 19.2 Å². The summed E-state index contributed by atoms with van der Waals surface area (Å²) in [7, 11) is 1.64. The third kappa shape index (κ3) is 5.93. The third-order valence-electron chi connectivity index (χ3n) is 6.92. The number of morpholine rings is 1. The standard InChI is InChI=1S/C26H29F3N8O3/c1-39-14-19-20(13-36-8-10-40-11-9-36)37-23(24(30)32-15-33-37)22(19)16-2-4-18(5-3-16)34-25(38)35-21-12-17(6-7-31-21)26(27,28)29/h2-7,12,15,22-23H,8-11,13-14H2,1H3,(H2,30,32,33)(H2,31,34,35,38). The number of hydrazone groups is 1. The zero-order valence-electron chi connectivity index (χ0n) is 21.7. The van der Waals surface area contributed by atoms with Gasteiger partial charge in [-0.15, -0.1) is 0 Å². The molecule has 40 heavy (non-hydrogen) atoms. The Labute approximate surface area is 228 Å². The summed E-state index contributed by atoms with van der Waals surface area (Å²) in [5.41, 5.74) is 8.87. The molecule has 0 bridgehead atoms. The van der Waals surface area contributed by atoms with Gasteiger partial charge in [-0.25, -0.2) is 14.8 Å². The number of hydrogen-bond donors (Lipinski definition) is 3. The van der Waals surface area contributed by atoms with E-state index in [-0.39, 0.29) is 17.8 Å². The molecule has 4 heterocycles. The minimum absolute atomic E-state index is 0.200. The molecule has 1 fully saturated rings. The number of amides is 2. The average molecular weight is 559 g/mol. The van der Waals surface area contributed by atoms with Gasteiger partial charge in [0.15, 0.2) is 0 Å². The van der Waals surface area contributed by atoms with Crippen molar-refractivity contribution in [1.29, 1.82) is 0 Å². The van der Waals surface area contributed by atoms with Crippen molar-refractivity contribution in [2.45, 2.75) is 18.1 Å². The SMILES string of the molecule is COCC1=C(CN2CCOCC2)N2N=CN=C(N)C2C1c1ccc(NC(=O)Nc2cc(C(F)(F)F)ccn2)cc1. The van der Waals surface area contributed by atoms with Crippen LogP contribution in [-0.2, 0) is 15.7 Å². The lowest BCUT2D eigenvalue weighted by Crippen LogP contribution is -2.46. The van der Waals surface area contributed by atoms with Crippen LogP contribution in [0.25, 0.3) is 0 Å². The van der Waals surface area contributed by atoms with Crippen LogP contribution in [0.5, 0.6) is 0 Å². The molecule has 3 aliphatic rings. The summed E-state index contributed by atoms with van der Waals surface area (Å²) < 4.78 is 50.0. The molecule has 3 aliphatic heterocycles. The number of pyridine rings is 1. The number of nitrogens with one attached hydrogen (secondary N) is 2. The number of aromatic nitrogens is 1. The molecule has 0 aliphatic carbocycles. The maximum absolute atomic E-state index is 13.0. The summed E-state index contributed by atoms with van der Waals surface area (Å²) >= 11 is 0. The molecule has 2 aromatic rings. The number of urea groups is 1. The lowest BCUT2D eigenvalue weighted by Gasteiger charge is -2.32. The van der Waals surface area contributed by atoms with E-state index in [0.717, 1.165) is 48.3 Å². The second-order valence-corrected chi connectivity index (χ2v) is 9.47. The smallest absolute Gasteiger partial charge is 0.385 e. The molecular weight excluding hydrogens is 529 g/mol. The normalized spacial score (nSPS) is 21.3. The van der Waals surface area contributed by atoms with Gasteiger partial charge in [0.2, 0.25) is 0 Å². The number of alkyl halides is 3. The van der Waals surface area contributed by atoms with Crippen LogP contribution in [0.3, 0.4) is 0 Å². The highest BCUT2D eigenvalue weighted by Crippen LogP contribution is 2.43. The van der Waals surface area contributed by atoms with Crippen LogP contribution >= 0.6 is 0 Å². The van der Waals surface area contributed by atoms with Gasteiger partial charge in [-0.3, -0.25) is 15.2 Å². The van der Waals surface area contributed by atoms with E-state index < -0.39 is 17.8 Å². The first-order chi connectivity index (χ1) is 19.2. The van der Waals surface area contributed by atoms with Gasteiger partial charge in [0, 0.05) is 44.5 Å². The second kappa shape index (κ2) is 11.6. The number of nitrogens with two attached hydrogens (primary N) is 1. The molecule has 11 nitrogen and oxygen atoms in total. The molecule has 0 spiro atoms. The van der Waals surface area contributed by atoms with Gasteiger partial charge in [-0.05, 0) is 35.4 Å². The summed E-state index contributed by atoms with van der Waals surface area (Å²) in [6.07, 6.45) is -2.11. The number of carbonyl (C=O) groups excluding carboxylic acids is 1. The van der Waals surface area contributed by atoms with Crippen LogP contribution in [-0.4, -0.2) is 85.7 Å². The van der Waals surface area contributed by atoms with Crippen LogP contribution in [0.1, 0.15) is 17.0 Å². The number of nitrogens with zero attached hydrogens (tertiary/aromatic N) is 5. The van der Waals surface area contributed by atoms with Crippen molar-refractivity contribution < 1.29 is 27.4 Å². The van der Waals surface area contributed by atoms with E-state index in [9.17, 15) is 18.0 Å². The summed E-state index contributed by atoms with van der Waals surface area (Å²) in [6, 6.07) is 7.69. The fourth-order valence-corrected chi connectivity index (χ4v) is 5.07. The van der Waals surface area contributed by atoms with E-state index in [4.69, 9.17) is 15.2 Å². The number of halogens is 3. The number of hydrogen-bond acceptors (Lipinski definition) is 9. The molecule has 1 aromatic carbocycles. The zero-order chi connectivity index (χ0) is 28.3. The van der Waals surface area contributed by atoms with E-state index in [0.29, 0.717) is 37.9 Å². The molecule has 14 heteroatoms. The lowest BCUT2D eigenvalue weighted by molar-refractivity contribution is -0.137. The minimum Gasteiger partial charge on any atom is -0.385 e. The van der Waals surface area contributed by atoms with Gasteiger partial charge in [0.1, 0.15) is 24.0 Å². The number of carbonyl (C=O) groups is 1. The monoisotopic (exact) mass is 558 g/mol. The Hall–Kier alpha value is -4.01. The molecule has 0 radical (unpaired) electrons. The van der Waals surface area contributed by atoms with Crippen molar-refractivity contribution in [3.63, 3.8) is 0 Å². The van der Waals surface area contributed by atoms with E-state index in [1.165, 1.54) is 6.34 Å². The molecule has 2 unspecified atom stereocenters. The van der Waals surface area contributed by atoms with Crippen LogP contribution in [0.15, 0.2) is 64.0 Å². The van der Waals surface area contributed by atoms with Crippen molar-refractivity contribution in [3.8, 4) is 0 Å². The number of amidine groups is 1. The topological polar surface area (TPSA) is 130 Å². The van der Waals surface area contributed by atoms with Crippen LogP contribution < -0.4 is 16.4 Å². The Balaban J connectivity index is 1.35. The molecule has 1 saturated heterocycles. The maximum atomic E-state index is 13.0. The number of aliphatic imine (C=N–C) groups is 1. The van der Waals surface area contributed by atoms with Gasteiger partial charge in [-0.2, -0.15) is 18.3 Å².